The molecule has 1 aromatic heterocycles. The zero-order valence-corrected chi connectivity index (χ0v) is 12.8. The standard InChI is InChI=1S/C17H22FNO2/c1-4-7-19-10-17-13(3)9-14(21-17)11-20-16-8-12(2)5-6-15(16)18/h5-6,8-9,19H,4,7,10-11H2,1-3H3. The van der Waals surface area contributed by atoms with Crippen LogP contribution >= 0.6 is 0 Å². The Hall–Kier alpha value is -1.81. The molecule has 0 bridgehead atoms. The molecule has 1 N–H and O–H groups in total. The van der Waals surface area contributed by atoms with E-state index in [1.54, 1.807) is 12.1 Å². The fourth-order valence-electron chi connectivity index (χ4n) is 2.09. The predicted molar refractivity (Wildman–Crippen MR) is 80.9 cm³/mol. The largest absolute Gasteiger partial charge is 0.483 e. The van der Waals surface area contributed by atoms with Gasteiger partial charge in [0.05, 0.1) is 6.54 Å². The zero-order valence-electron chi connectivity index (χ0n) is 12.8. The summed E-state index contributed by atoms with van der Waals surface area (Å²) < 4.78 is 24.8. The summed E-state index contributed by atoms with van der Waals surface area (Å²) in [5, 5.41) is 3.30. The van der Waals surface area contributed by atoms with Gasteiger partial charge in [-0.2, -0.15) is 0 Å². The summed E-state index contributed by atoms with van der Waals surface area (Å²) in [5.41, 5.74) is 2.05. The Labute approximate surface area is 125 Å². The minimum absolute atomic E-state index is 0.231. The van der Waals surface area contributed by atoms with Crippen LogP contribution in [0.3, 0.4) is 0 Å². The van der Waals surface area contributed by atoms with Gasteiger partial charge >= 0.3 is 0 Å². The number of hydrogen-bond acceptors (Lipinski definition) is 3. The molecule has 0 atom stereocenters. The molecule has 0 fully saturated rings. The molecule has 0 aliphatic heterocycles. The Bertz CT molecular complexity index is 592. The molecular formula is C17H22FNO2. The first-order valence-corrected chi connectivity index (χ1v) is 7.28. The second-order valence-electron chi connectivity index (χ2n) is 5.22. The highest BCUT2D eigenvalue weighted by Crippen LogP contribution is 2.21. The molecule has 0 amide bonds. The van der Waals surface area contributed by atoms with E-state index < -0.39 is 0 Å². The van der Waals surface area contributed by atoms with E-state index in [1.807, 2.05) is 19.9 Å². The first kappa shape index (κ1) is 15.6. The van der Waals surface area contributed by atoms with Crippen molar-refractivity contribution >= 4 is 0 Å². The van der Waals surface area contributed by atoms with Crippen molar-refractivity contribution in [3.8, 4) is 5.75 Å². The third-order valence-electron chi connectivity index (χ3n) is 3.24. The Kier molecular flexibility index (Phi) is 5.39. The molecule has 0 saturated carbocycles. The maximum Gasteiger partial charge on any atom is 0.165 e. The van der Waals surface area contributed by atoms with E-state index in [0.717, 1.165) is 29.9 Å². The molecule has 0 radical (unpaired) electrons. The van der Waals surface area contributed by atoms with Gasteiger partial charge in [0.1, 0.15) is 18.1 Å². The Morgan fingerprint density at radius 1 is 1.24 bits per heavy atom. The van der Waals surface area contributed by atoms with Gasteiger partial charge in [0.2, 0.25) is 0 Å². The van der Waals surface area contributed by atoms with Crippen LogP contribution in [0.5, 0.6) is 5.75 Å². The van der Waals surface area contributed by atoms with E-state index in [1.165, 1.54) is 6.07 Å². The van der Waals surface area contributed by atoms with Crippen molar-refractivity contribution in [2.45, 2.75) is 40.3 Å². The van der Waals surface area contributed by atoms with Crippen LogP contribution in [0.15, 0.2) is 28.7 Å². The number of benzene rings is 1. The SMILES string of the molecule is CCCNCc1oc(COc2cc(C)ccc2F)cc1C. The van der Waals surface area contributed by atoms with Crippen LogP contribution < -0.4 is 10.1 Å². The third kappa shape index (κ3) is 4.33. The van der Waals surface area contributed by atoms with Crippen molar-refractivity contribution in [3.05, 3.63) is 52.7 Å². The Morgan fingerprint density at radius 3 is 2.81 bits per heavy atom. The zero-order chi connectivity index (χ0) is 15.2. The van der Waals surface area contributed by atoms with Crippen LogP contribution in [0.4, 0.5) is 4.39 Å². The van der Waals surface area contributed by atoms with Crippen LogP contribution in [0.2, 0.25) is 0 Å². The minimum Gasteiger partial charge on any atom is -0.483 e. The molecule has 3 nitrogen and oxygen atoms in total. The van der Waals surface area contributed by atoms with E-state index in [0.29, 0.717) is 12.3 Å². The van der Waals surface area contributed by atoms with Gasteiger partial charge in [-0.25, -0.2) is 4.39 Å². The fraction of sp³-hybridized carbons (Fsp3) is 0.412. The van der Waals surface area contributed by atoms with Crippen molar-refractivity contribution in [1.82, 2.24) is 5.32 Å². The topological polar surface area (TPSA) is 34.4 Å². The average molecular weight is 291 g/mol. The molecular weight excluding hydrogens is 269 g/mol. The van der Waals surface area contributed by atoms with Crippen LogP contribution in [-0.4, -0.2) is 6.54 Å². The average Bonchev–Trinajstić information content (AvgIpc) is 2.81. The Morgan fingerprint density at radius 2 is 2.05 bits per heavy atom. The summed E-state index contributed by atoms with van der Waals surface area (Å²) in [5.74, 6) is 1.52. The van der Waals surface area contributed by atoms with Crippen molar-refractivity contribution in [2.75, 3.05) is 6.54 Å². The van der Waals surface area contributed by atoms with Gasteiger partial charge in [0.15, 0.2) is 11.6 Å². The first-order chi connectivity index (χ1) is 10.1. The second kappa shape index (κ2) is 7.27. The molecule has 0 spiro atoms. The summed E-state index contributed by atoms with van der Waals surface area (Å²) >= 11 is 0. The van der Waals surface area contributed by atoms with E-state index in [4.69, 9.17) is 9.15 Å². The Balaban J connectivity index is 1.97. The lowest BCUT2D eigenvalue weighted by molar-refractivity contribution is 0.254. The molecule has 114 valence electrons. The molecule has 0 aliphatic rings. The highest BCUT2D eigenvalue weighted by atomic mass is 19.1. The highest BCUT2D eigenvalue weighted by Gasteiger charge is 2.09. The predicted octanol–water partition coefficient (Wildman–Crippen LogP) is 4.11. The van der Waals surface area contributed by atoms with Gasteiger partial charge in [-0.1, -0.05) is 13.0 Å². The molecule has 0 aliphatic carbocycles. The molecule has 1 aromatic carbocycles. The normalized spacial score (nSPS) is 10.9. The summed E-state index contributed by atoms with van der Waals surface area (Å²) in [6, 6.07) is 6.76. The monoisotopic (exact) mass is 291 g/mol. The van der Waals surface area contributed by atoms with E-state index in [2.05, 4.69) is 12.2 Å². The molecule has 1 heterocycles. The van der Waals surface area contributed by atoms with E-state index >= 15 is 0 Å². The molecule has 4 heteroatoms. The number of halogens is 1. The molecule has 21 heavy (non-hydrogen) atoms. The van der Waals surface area contributed by atoms with Gasteiger partial charge in [0, 0.05) is 0 Å². The van der Waals surface area contributed by atoms with E-state index in [9.17, 15) is 4.39 Å². The maximum absolute atomic E-state index is 13.6. The third-order valence-corrected chi connectivity index (χ3v) is 3.24. The molecule has 0 saturated heterocycles. The smallest absolute Gasteiger partial charge is 0.165 e. The van der Waals surface area contributed by atoms with Crippen molar-refractivity contribution < 1.29 is 13.5 Å². The van der Waals surface area contributed by atoms with Crippen molar-refractivity contribution in [1.29, 1.82) is 0 Å². The number of ether oxygens (including phenoxy) is 1. The molecule has 0 unspecified atom stereocenters. The van der Waals surface area contributed by atoms with Crippen LogP contribution in [0.25, 0.3) is 0 Å². The van der Waals surface area contributed by atoms with Gasteiger partial charge in [-0.15, -0.1) is 0 Å². The first-order valence-electron chi connectivity index (χ1n) is 7.28. The number of furan rings is 1. The van der Waals surface area contributed by atoms with Crippen LogP contribution in [0, 0.1) is 19.7 Å². The van der Waals surface area contributed by atoms with Gasteiger partial charge in [-0.3, -0.25) is 0 Å². The lowest BCUT2D eigenvalue weighted by atomic mass is 10.2. The fourth-order valence-corrected chi connectivity index (χ4v) is 2.09. The number of hydrogen-bond donors (Lipinski definition) is 1. The number of nitrogens with one attached hydrogen (secondary N) is 1. The summed E-state index contributed by atoms with van der Waals surface area (Å²) in [4.78, 5) is 0. The van der Waals surface area contributed by atoms with Crippen molar-refractivity contribution in [2.24, 2.45) is 0 Å². The van der Waals surface area contributed by atoms with Gasteiger partial charge in [-0.05, 0) is 56.1 Å². The van der Waals surface area contributed by atoms with Crippen molar-refractivity contribution in [3.63, 3.8) is 0 Å². The molecule has 2 aromatic rings. The quantitative estimate of drug-likeness (QED) is 0.779. The summed E-state index contributed by atoms with van der Waals surface area (Å²) in [6.45, 7) is 7.93. The lowest BCUT2D eigenvalue weighted by Gasteiger charge is -2.06. The number of aryl methyl sites for hydroxylation is 2. The number of rotatable bonds is 7. The highest BCUT2D eigenvalue weighted by molar-refractivity contribution is 5.29. The molecule has 2 rings (SSSR count). The van der Waals surface area contributed by atoms with Crippen LogP contribution in [-0.2, 0) is 13.2 Å². The lowest BCUT2D eigenvalue weighted by Crippen LogP contribution is -2.13. The second-order valence-corrected chi connectivity index (χ2v) is 5.22. The summed E-state index contributed by atoms with van der Waals surface area (Å²) in [6.07, 6.45) is 1.09. The minimum atomic E-state index is -0.353. The summed E-state index contributed by atoms with van der Waals surface area (Å²) in [7, 11) is 0. The maximum atomic E-state index is 13.6. The van der Waals surface area contributed by atoms with E-state index in [-0.39, 0.29) is 18.2 Å². The van der Waals surface area contributed by atoms with Crippen LogP contribution in [0.1, 0.15) is 36.0 Å². The van der Waals surface area contributed by atoms with Gasteiger partial charge in [0.25, 0.3) is 0 Å². The van der Waals surface area contributed by atoms with Gasteiger partial charge < -0.3 is 14.5 Å².